The Labute approximate surface area is 273 Å². The van der Waals surface area contributed by atoms with Gasteiger partial charge in [0.25, 0.3) is 0 Å². The maximum atomic E-state index is 2.41. The molecule has 0 saturated heterocycles. The molecular formula is C44H31NS. The number of rotatable bonds is 5. The number of thiophene rings is 1. The summed E-state index contributed by atoms with van der Waals surface area (Å²) < 4.78 is 2.64. The van der Waals surface area contributed by atoms with Crippen LogP contribution in [0.25, 0.3) is 31.3 Å². The molecule has 46 heavy (non-hydrogen) atoms. The highest BCUT2D eigenvalue weighted by Crippen LogP contribution is 2.59. The van der Waals surface area contributed by atoms with Gasteiger partial charge in [-0.2, -0.15) is 0 Å². The molecule has 0 fully saturated rings. The van der Waals surface area contributed by atoms with Gasteiger partial charge in [-0.15, -0.1) is 11.3 Å². The van der Waals surface area contributed by atoms with E-state index in [9.17, 15) is 0 Å². The van der Waals surface area contributed by atoms with Crippen LogP contribution < -0.4 is 4.90 Å². The molecule has 1 nitrogen and oxygen atoms in total. The van der Waals surface area contributed by atoms with E-state index in [1.54, 1.807) is 0 Å². The van der Waals surface area contributed by atoms with Gasteiger partial charge in [-0.3, -0.25) is 0 Å². The van der Waals surface area contributed by atoms with Crippen molar-refractivity contribution in [3.05, 3.63) is 198 Å². The number of para-hydroxylation sites is 1. The van der Waals surface area contributed by atoms with Crippen molar-refractivity contribution in [3.63, 3.8) is 0 Å². The van der Waals surface area contributed by atoms with Gasteiger partial charge < -0.3 is 4.90 Å². The number of hydrogen-bond acceptors (Lipinski definition) is 2. The van der Waals surface area contributed by atoms with Gasteiger partial charge in [-0.1, -0.05) is 140 Å². The van der Waals surface area contributed by atoms with Gasteiger partial charge in [0.2, 0.25) is 0 Å². The first-order valence-corrected chi connectivity index (χ1v) is 16.7. The van der Waals surface area contributed by atoms with E-state index in [4.69, 9.17) is 0 Å². The normalized spacial score (nSPS) is 13.1. The van der Waals surface area contributed by atoms with Crippen LogP contribution in [0.4, 0.5) is 17.1 Å². The van der Waals surface area contributed by atoms with Gasteiger partial charge in [0.15, 0.2) is 0 Å². The molecule has 0 saturated carbocycles. The van der Waals surface area contributed by atoms with Crippen LogP contribution in [0.3, 0.4) is 0 Å². The minimum atomic E-state index is -0.403. The largest absolute Gasteiger partial charge is 0.309 e. The van der Waals surface area contributed by atoms with Crippen molar-refractivity contribution in [1.82, 2.24) is 0 Å². The summed E-state index contributed by atoms with van der Waals surface area (Å²) in [4.78, 5) is 2.41. The topological polar surface area (TPSA) is 3.24 Å². The van der Waals surface area contributed by atoms with Gasteiger partial charge in [0.1, 0.15) is 0 Å². The third-order valence-corrected chi connectivity index (χ3v) is 10.8. The van der Waals surface area contributed by atoms with Crippen molar-refractivity contribution >= 4 is 48.6 Å². The number of hydrogen-bond donors (Lipinski definition) is 0. The summed E-state index contributed by atoms with van der Waals surface area (Å²) >= 11 is 1.93. The van der Waals surface area contributed by atoms with E-state index in [1.807, 2.05) is 11.3 Å². The average molecular weight is 606 g/mol. The lowest BCUT2D eigenvalue weighted by atomic mass is 9.68. The zero-order valence-corrected chi connectivity index (χ0v) is 26.3. The van der Waals surface area contributed by atoms with Crippen LogP contribution in [-0.4, -0.2) is 0 Å². The lowest BCUT2D eigenvalue weighted by Crippen LogP contribution is -2.28. The second kappa shape index (κ2) is 10.6. The molecule has 1 aliphatic carbocycles. The zero-order chi connectivity index (χ0) is 30.7. The van der Waals surface area contributed by atoms with Crippen LogP contribution in [0.2, 0.25) is 0 Å². The monoisotopic (exact) mass is 605 g/mol. The van der Waals surface area contributed by atoms with Crippen LogP contribution in [0, 0.1) is 6.92 Å². The van der Waals surface area contributed by atoms with Crippen molar-refractivity contribution in [1.29, 1.82) is 0 Å². The summed E-state index contributed by atoms with van der Waals surface area (Å²) in [5.41, 5.74) is 12.3. The molecule has 8 aromatic rings. The van der Waals surface area contributed by atoms with Crippen LogP contribution >= 0.6 is 11.3 Å². The first-order valence-electron chi connectivity index (χ1n) is 15.9. The number of benzene rings is 7. The first-order chi connectivity index (χ1) is 22.7. The van der Waals surface area contributed by atoms with Crippen molar-refractivity contribution in [2.45, 2.75) is 12.3 Å². The second-order valence-corrected chi connectivity index (χ2v) is 13.2. The summed E-state index contributed by atoms with van der Waals surface area (Å²) in [6, 6.07) is 62.3. The predicted molar refractivity (Wildman–Crippen MR) is 196 cm³/mol. The van der Waals surface area contributed by atoms with E-state index in [-0.39, 0.29) is 0 Å². The van der Waals surface area contributed by atoms with Crippen LogP contribution in [0.15, 0.2) is 170 Å². The predicted octanol–water partition coefficient (Wildman–Crippen LogP) is 12.2. The fraction of sp³-hybridized carbons (Fsp3) is 0.0455. The molecule has 0 unspecified atom stereocenters. The Morgan fingerprint density at radius 1 is 0.478 bits per heavy atom. The van der Waals surface area contributed by atoms with Crippen LogP contribution in [0.5, 0.6) is 0 Å². The fourth-order valence-corrected chi connectivity index (χ4v) is 9.08. The zero-order valence-electron chi connectivity index (χ0n) is 25.5. The van der Waals surface area contributed by atoms with E-state index in [0.29, 0.717) is 0 Å². The Kier molecular flexibility index (Phi) is 6.19. The molecule has 0 N–H and O–H groups in total. The van der Waals surface area contributed by atoms with Crippen molar-refractivity contribution < 1.29 is 0 Å². The van der Waals surface area contributed by atoms with Gasteiger partial charge in [-0.25, -0.2) is 0 Å². The maximum absolute atomic E-state index is 2.41. The minimum Gasteiger partial charge on any atom is -0.309 e. The number of aryl methyl sites for hydroxylation is 1. The molecule has 0 bridgehead atoms. The lowest BCUT2D eigenvalue weighted by molar-refractivity contribution is 0.769. The van der Waals surface area contributed by atoms with Crippen LogP contribution in [0.1, 0.15) is 27.8 Å². The van der Waals surface area contributed by atoms with Gasteiger partial charge in [0.05, 0.1) is 15.8 Å². The first kappa shape index (κ1) is 26.9. The molecule has 9 rings (SSSR count). The summed E-state index contributed by atoms with van der Waals surface area (Å²) in [5.74, 6) is 0. The molecule has 0 atom stereocenters. The Balaban J connectivity index is 1.37. The highest BCUT2D eigenvalue weighted by molar-refractivity contribution is 7.27. The Bertz CT molecular complexity index is 2330. The molecule has 1 aromatic heterocycles. The summed E-state index contributed by atoms with van der Waals surface area (Å²) in [7, 11) is 0. The third-order valence-electron chi connectivity index (χ3n) is 9.58. The standard InChI is InChI=1S/C44H31NS/c1-30-15-13-22-34(29-30)45(33-20-9-4-10-21-33)40-26-14-24-35-36-27-28-39-41(43(36)46-42(35)40)37-23-11-12-25-38(37)44(39,31-16-5-2-6-17-31)32-18-7-3-8-19-32/h2-29H,1H3. The molecule has 218 valence electrons. The van der Waals surface area contributed by atoms with E-state index < -0.39 is 5.41 Å². The molecule has 1 heterocycles. The smallest absolute Gasteiger partial charge is 0.0714 e. The molecule has 7 aromatic carbocycles. The summed E-state index contributed by atoms with van der Waals surface area (Å²) in [6.07, 6.45) is 0. The molecule has 2 heteroatoms. The molecule has 0 aliphatic heterocycles. The molecule has 0 spiro atoms. The second-order valence-electron chi connectivity index (χ2n) is 12.2. The summed E-state index contributed by atoms with van der Waals surface area (Å²) in [5, 5.41) is 2.60. The number of anilines is 3. The lowest BCUT2D eigenvalue weighted by Gasteiger charge is -2.33. The van der Waals surface area contributed by atoms with Crippen molar-refractivity contribution in [2.24, 2.45) is 0 Å². The maximum Gasteiger partial charge on any atom is 0.0714 e. The number of nitrogens with zero attached hydrogens (tertiary/aromatic N) is 1. The summed E-state index contributed by atoms with van der Waals surface area (Å²) in [6.45, 7) is 2.17. The van der Waals surface area contributed by atoms with Gasteiger partial charge in [0, 0.05) is 32.4 Å². The molecular weight excluding hydrogens is 575 g/mol. The van der Waals surface area contributed by atoms with Gasteiger partial charge >= 0.3 is 0 Å². The van der Waals surface area contributed by atoms with E-state index >= 15 is 0 Å². The van der Waals surface area contributed by atoms with Crippen LogP contribution in [-0.2, 0) is 5.41 Å². The quantitative estimate of drug-likeness (QED) is 0.189. The molecule has 0 radical (unpaired) electrons. The Morgan fingerprint density at radius 3 is 1.80 bits per heavy atom. The molecule has 1 aliphatic rings. The Hall–Kier alpha value is -5.44. The SMILES string of the molecule is Cc1cccc(N(c2ccccc2)c2cccc3c2sc2c4c(ccc23)C(c2ccccc2)(c2ccccc2)c2ccccc2-4)c1. The minimum absolute atomic E-state index is 0.403. The third kappa shape index (κ3) is 3.87. The highest BCUT2D eigenvalue weighted by Gasteiger charge is 2.46. The Morgan fingerprint density at radius 2 is 1.09 bits per heavy atom. The fourth-order valence-electron chi connectivity index (χ4n) is 7.71. The van der Waals surface area contributed by atoms with Gasteiger partial charge in [-0.05, 0) is 70.6 Å². The number of fused-ring (bicyclic) bond motifs is 7. The van der Waals surface area contributed by atoms with Crippen molar-refractivity contribution in [3.8, 4) is 11.1 Å². The average Bonchev–Trinajstić information content (AvgIpc) is 3.64. The van der Waals surface area contributed by atoms with E-state index in [2.05, 4.69) is 182 Å². The van der Waals surface area contributed by atoms with E-state index in [1.165, 1.54) is 70.5 Å². The van der Waals surface area contributed by atoms with E-state index in [0.717, 1.165) is 5.69 Å². The van der Waals surface area contributed by atoms with Crippen molar-refractivity contribution in [2.75, 3.05) is 4.90 Å². The highest BCUT2D eigenvalue weighted by atomic mass is 32.1. The molecule has 0 amide bonds.